The molecule has 3 nitrogen and oxygen atoms in total. The van der Waals surface area contributed by atoms with E-state index in [1.807, 2.05) is 0 Å². The lowest BCUT2D eigenvalue weighted by Crippen LogP contribution is -2.38. The van der Waals surface area contributed by atoms with Crippen molar-refractivity contribution in [2.45, 2.75) is 44.3 Å². The van der Waals surface area contributed by atoms with Crippen molar-refractivity contribution in [3.05, 3.63) is 22.4 Å². The summed E-state index contributed by atoms with van der Waals surface area (Å²) in [6.07, 6.45) is 4.84. The Kier molecular flexibility index (Phi) is 3.16. The Morgan fingerprint density at radius 3 is 2.82 bits per heavy atom. The largest absolute Gasteiger partial charge is 0.352 e. The summed E-state index contributed by atoms with van der Waals surface area (Å²) < 4.78 is 0. The molecule has 17 heavy (non-hydrogen) atoms. The normalized spacial score (nSPS) is 19.6. The van der Waals surface area contributed by atoms with E-state index in [0.717, 1.165) is 6.54 Å². The first-order chi connectivity index (χ1) is 8.31. The maximum absolute atomic E-state index is 11.8. The summed E-state index contributed by atoms with van der Waals surface area (Å²) in [4.78, 5) is 15.5. The Balaban J connectivity index is 1.53. The minimum absolute atomic E-state index is 0.205. The molecule has 2 aliphatic rings. The van der Waals surface area contributed by atoms with Crippen LogP contribution in [-0.2, 0) is 11.3 Å². The standard InChI is InChI=1S/C13H18N2OS/c16-13(14-10-3-4-10)9-15(11-5-6-11)8-12-2-1-7-17-12/h1-2,7,10-11H,3-6,8-9H2,(H,14,16). The molecule has 2 aliphatic carbocycles. The van der Waals surface area contributed by atoms with E-state index >= 15 is 0 Å². The van der Waals surface area contributed by atoms with Crippen LogP contribution in [0.2, 0.25) is 0 Å². The number of thiophene rings is 1. The highest BCUT2D eigenvalue weighted by atomic mass is 32.1. The summed E-state index contributed by atoms with van der Waals surface area (Å²) in [5.74, 6) is 0.205. The van der Waals surface area contributed by atoms with Crippen LogP contribution in [0, 0.1) is 0 Å². The molecule has 1 aromatic heterocycles. The fourth-order valence-corrected chi connectivity index (χ4v) is 2.77. The molecule has 1 heterocycles. The smallest absolute Gasteiger partial charge is 0.234 e. The lowest BCUT2D eigenvalue weighted by Gasteiger charge is -2.20. The number of hydrogen-bond donors (Lipinski definition) is 1. The van der Waals surface area contributed by atoms with E-state index in [1.165, 1.54) is 30.6 Å². The molecule has 0 aromatic carbocycles. The molecule has 0 spiro atoms. The molecule has 1 amide bonds. The van der Waals surface area contributed by atoms with Crippen LogP contribution < -0.4 is 5.32 Å². The van der Waals surface area contributed by atoms with Gasteiger partial charge in [0.15, 0.2) is 0 Å². The molecule has 0 atom stereocenters. The van der Waals surface area contributed by atoms with Gasteiger partial charge in [0.25, 0.3) is 0 Å². The SMILES string of the molecule is O=C(CN(Cc1cccs1)C1CC1)NC1CC1. The highest BCUT2D eigenvalue weighted by Gasteiger charge is 2.31. The van der Waals surface area contributed by atoms with E-state index in [9.17, 15) is 4.79 Å². The van der Waals surface area contributed by atoms with Gasteiger partial charge in [0.05, 0.1) is 6.54 Å². The van der Waals surface area contributed by atoms with E-state index in [-0.39, 0.29) is 5.91 Å². The third-order valence-electron chi connectivity index (χ3n) is 3.29. The van der Waals surface area contributed by atoms with Crippen molar-refractivity contribution in [2.75, 3.05) is 6.54 Å². The molecule has 0 radical (unpaired) electrons. The van der Waals surface area contributed by atoms with Gasteiger partial charge in [-0.15, -0.1) is 11.3 Å². The van der Waals surface area contributed by atoms with Gasteiger partial charge in [0.2, 0.25) is 5.91 Å². The number of amides is 1. The maximum atomic E-state index is 11.8. The summed E-state index contributed by atoms with van der Waals surface area (Å²) in [5.41, 5.74) is 0. The molecule has 2 saturated carbocycles. The minimum Gasteiger partial charge on any atom is -0.352 e. The molecule has 0 unspecified atom stereocenters. The second-order valence-electron chi connectivity index (χ2n) is 5.06. The average molecular weight is 250 g/mol. The van der Waals surface area contributed by atoms with Crippen molar-refractivity contribution < 1.29 is 4.79 Å². The zero-order valence-corrected chi connectivity index (χ0v) is 10.7. The first kappa shape index (κ1) is 11.2. The zero-order valence-electron chi connectivity index (χ0n) is 9.89. The molecule has 3 rings (SSSR count). The zero-order chi connectivity index (χ0) is 11.7. The summed E-state index contributed by atoms with van der Waals surface area (Å²) in [6.45, 7) is 1.50. The monoisotopic (exact) mass is 250 g/mol. The number of carbonyl (C=O) groups excluding carboxylic acids is 1. The fourth-order valence-electron chi connectivity index (χ4n) is 2.04. The van der Waals surface area contributed by atoms with Crippen molar-refractivity contribution in [2.24, 2.45) is 0 Å². The first-order valence-electron chi connectivity index (χ1n) is 6.37. The highest BCUT2D eigenvalue weighted by Crippen LogP contribution is 2.29. The summed E-state index contributed by atoms with van der Waals surface area (Å²) in [5, 5.41) is 5.17. The van der Waals surface area contributed by atoms with Crippen molar-refractivity contribution >= 4 is 17.2 Å². The lowest BCUT2D eigenvalue weighted by molar-refractivity contribution is -0.122. The lowest BCUT2D eigenvalue weighted by atomic mass is 10.3. The Morgan fingerprint density at radius 2 is 2.24 bits per heavy atom. The van der Waals surface area contributed by atoms with Gasteiger partial charge in [0.1, 0.15) is 0 Å². The van der Waals surface area contributed by atoms with Gasteiger partial charge in [-0.3, -0.25) is 9.69 Å². The van der Waals surface area contributed by atoms with Gasteiger partial charge < -0.3 is 5.32 Å². The highest BCUT2D eigenvalue weighted by molar-refractivity contribution is 7.09. The van der Waals surface area contributed by atoms with E-state index in [4.69, 9.17) is 0 Å². The van der Waals surface area contributed by atoms with Crippen molar-refractivity contribution in [1.29, 1.82) is 0 Å². The van der Waals surface area contributed by atoms with Crippen LogP contribution in [-0.4, -0.2) is 29.4 Å². The number of nitrogens with one attached hydrogen (secondary N) is 1. The van der Waals surface area contributed by atoms with E-state index < -0.39 is 0 Å². The number of nitrogens with zero attached hydrogens (tertiary/aromatic N) is 1. The molecule has 2 fully saturated rings. The molecule has 4 heteroatoms. The first-order valence-corrected chi connectivity index (χ1v) is 7.25. The quantitative estimate of drug-likeness (QED) is 0.837. The van der Waals surface area contributed by atoms with E-state index in [0.29, 0.717) is 18.6 Å². The average Bonchev–Trinajstić information content (AvgIpc) is 3.20. The van der Waals surface area contributed by atoms with Gasteiger partial charge in [-0.05, 0) is 37.1 Å². The van der Waals surface area contributed by atoms with E-state index in [1.54, 1.807) is 11.3 Å². The molecule has 0 aliphatic heterocycles. The van der Waals surface area contributed by atoms with Crippen molar-refractivity contribution in [1.82, 2.24) is 10.2 Å². The third kappa shape index (κ3) is 3.30. The number of hydrogen-bond acceptors (Lipinski definition) is 3. The maximum Gasteiger partial charge on any atom is 0.234 e. The molecular weight excluding hydrogens is 232 g/mol. The van der Waals surface area contributed by atoms with Gasteiger partial charge >= 0.3 is 0 Å². The van der Waals surface area contributed by atoms with Crippen LogP contribution in [0.5, 0.6) is 0 Å². The predicted molar refractivity (Wildman–Crippen MR) is 68.9 cm³/mol. The second-order valence-corrected chi connectivity index (χ2v) is 6.09. The summed E-state index contributed by atoms with van der Waals surface area (Å²) in [6, 6.07) is 5.35. The Hall–Kier alpha value is -0.870. The Morgan fingerprint density at radius 1 is 1.41 bits per heavy atom. The molecule has 1 N–H and O–H groups in total. The topological polar surface area (TPSA) is 32.3 Å². The van der Waals surface area contributed by atoms with E-state index in [2.05, 4.69) is 27.7 Å². The fraction of sp³-hybridized carbons (Fsp3) is 0.615. The summed E-state index contributed by atoms with van der Waals surface area (Å²) >= 11 is 1.78. The minimum atomic E-state index is 0.205. The van der Waals surface area contributed by atoms with Crippen molar-refractivity contribution in [3.8, 4) is 0 Å². The molecule has 0 bridgehead atoms. The Bertz CT molecular complexity index is 382. The van der Waals surface area contributed by atoms with Crippen LogP contribution in [0.4, 0.5) is 0 Å². The molecule has 1 aromatic rings. The summed E-state index contributed by atoms with van der Waals surface area (Å²) in [7, 11) is 0. The van der Waals surface area contributed by atoms with Crippen LogP contribution in [0.1, 0.15) is 30.6 Å². The molecule has 92 valence electrons. The van der Waals surface area contributed by atoms with Gasteiger partial charge in [-0.1, -0.05) is 6.07 Å². The van der Waals surface area contributed by atoms with Gasteiger partial charge in [-0.25, -0.2) is 0 Å². The van der Waals surface area contributed by atoms with Crippen LogP contribution in [0.25, 0.3) is 0 Å². The molecule has 0 saturated heterocycles. The van der Waals surface area contributed by atoms with Gasteiger partial charge in [0, 0.05) is 23.5 Å². The van der Waals surface area contributed by atoms with Crippen LogP contribution in [0.15, 0.2) is 17.5 Å². The second kappa shape index (κ2) is 4.78. The molecular formula is C13H18N2OS. The van der Waals surface area contributed by atoms with Crippen LogP contribution >= 0.6 is 11.3 Å². The van der Waals surface area contributed by atoms with Gasteiger partial charge in [-0.2, -0.15) is 0 Å². The van der Waals surface area contributed by atoms with Crippen LogP contribution in [0.3, 0.4) is 0 Å². The number of rotatable bonds is 6. The third-order valence-corrected chi connectivity index (χ3v) is 4.15. The number of carbonyl (C=O) groups is 1. The van der Waals surface area contributed by atoms with Crippen molar-refractivity contribution in [3.63, 3.8) is 0 Å². The Labute approximate surface area is 106 Å². The predicted octanol–water partition coefficient (Wildman–Crippen LogP) is 1.99.